The van der Waals surface area contributed by atoms with E-state index in [1.165, 1.54) is 11.3 Å². The van der Waals surface area contributed by atoms with Gasteiger partial charge in [0.05, 0.1) is 18.0 Å². The Labute approximate surface area is 231 Å². The Balaban J connectivity index is 1.62. The predicted octanol–water partition coefficient (Wildman–Crippen LogP) is 2.86. The fourth-order valence-electron chi connectivity index (χ4n) is 5.16. The Hall–Kier alpha value is -4.02. The van der Waals surface area contributed by atoms with Gasteiger partial charge in [-0.25, -0.2) is 0 Å². The average molecular weight is 548 g/mol. The quantitative estimate of drug-likeness (QED) is 0.215. The molecular formula is C29H33N5O4S. The second-order valence-corrected chi connectivity index (χ2v) is 10.8. The Bertz CT molecular complexity index is 1270. The number of hydrogen-bond acceptors (Lipinski definition) is 6. The summed E-state index contributed by atoms with van der Waals surface area (Å²) >= 11 is 1.34. The molecule has 3 aromatic rings. The van der Waals surface area contributed by atoms with Crippen LogP contribution in [0.1, 0.15) is 39.6 Å². The zero-order valence-corrected chi connectivity index (χ0v) is 22.6. The number of amidine groups is 1. The number of nitrogens with one attached hydrogen (secondary N) is 2. The first kappa shape index (κ1) is 28.0. The van der Waals surface area contributed by atoms with Gasteiger partial charge in [-0.1, -0.05) is 60.7 Å². The lowest BCUT2D eigenvalue weighted by atomic mass is 9.83. The molecule has 2 heterocycles. The molecule has 1 aromatic heterocycles. The summed E-state index contributed by atoms with van der Waals surface area (Å²) in [6, 6.07) is 21.2. The molecule has 1 aliphatic heterocycles. The van der Waals surface area contributed by atoms with Crippen LogP contribution in [0.3, 0.4) is 0 Å². The summed E-state index contributed by atoms with van der Waals surface area (Å²) in [7, 11) is 1.64. The molecule has 9 nitrogen and oxygen atoms in total. The minimum Gasteiger partial charge on any atom is -0.480 e. The Kier molecular flexibility index (Phi) is 9.11. The smallest absolute Gasteiger partial charge is 0.317 e. The number of likely N-dealkylation sites (tertiary alicyclic amines) is 1. The molecule has 0 radical (unpaired) electrons. The van der Waals surface area contributed by atoms with Gasteiger partial charge in [0.1, 0.15) is 17.9 Å². The van der Waals surface area contributed by atoms with Gasteiger partial charge < -0.3 is 21.1 Å². The monoisotopic (exact) mass is 547 g/mol. The third kappa shape index (κ3) is 6.71. The van der Waals surface area contributed by atoms with Crippen molar-refractivity contribution in [3.8, 4) is 0 Å². The first-order chi connectivity index (χ1) is 18.8. The van der Waals surface area contributed by atoms with E-state index in [0.717, 1.165) is 16.0 Å². The van der Waals surface area contributed by atoms with Crippen LogP contribution in [0.25, 0.3) is 0 Å². The topological polar surface area (TPSA) is 140 Å². The molecule has 0 aliphatic carbocycles. The van der Waals surface area contributed by atoms with Gasteiger partial charge in [-0.3, -0.25) is 24.7 Å². The molecule has 0 saturated carbocycles. The van der Waals surface area contributed by atoms with Gasteiger partial charge in [-0.15, -0.1) is 11.3 Å². The molecule has 0 bridgehead atoms. The van der Waals surface area contributed by atoms with Gasteiger partial charge >= 0.3 is 5.97 Å². The highest BCUT2D eigenvalue weighted by Crippen LogP contribution is 2.33. The Morgan fingerprint density at radius 3 is 2.23 bits per heavy atom. The molecule has 4 rings (SSSR count). The van der Waals surface area contributed by atoms with E-state index < -0.39 is 24.0 Å². The molecule has 204 valence electrons. The summed E-state index contributed by atoms with van der Waals surface area (Å²) in [5.74, 6) is -2.03. The number of rotatable bonds is 11. The molecule has 2 atom stereocenters. The summed E-state index contributed by atoms with van der Waals surface area (Å²) in [5.41, 5.74) is 7.32. The van der Waals surface area contributed by atoms with Crippen molar-refractivity contribution in [3.63, 3.8) is 0 Å². The molecule has 2 aromatic carbocycles. The number of carboxylic acids is 1. The lowest BCUT2D eigenvalue weighted by Gasteiger charge is -2.37. The van der Waals surface area contributed by atoms with E-state index in [1.807, 2.05) is 66.7 Å². The average Bonchev–Trinajstić information content (AvgIpc) is 3.61. The van der Waals surface area contributed by atoms with Crippen molar-refractivity contribution in [2.45, 2.75) is 37.4 Å². The van der Waals surface area contributed by atoms with Gasteiger partial charge in [-0.05, 0) is 43.1 Å². The normalized spacial score (nSPS) is 15.9. The summed E-state index contributed by atoms with van der Waals surface area (Å²) in [5, 5.41) is 20.1. The number of aliphatic carboxylic acids is 1. The van der Waals surface area contributed by atoms with Crippen LogP contribution in [0.2, 0.25) is 0 Å². The van der Waals surface area contributed by atoms with Crippen LogP contribution in [0.4, 0.5) is 0 Å². The van der Waals surface area contributed by atoms with Crippen LogP contribution in [0.15, 0.2) is 72.8 Å². The number of carbonyl (C=O) groups excluding carboxylic acids is 2. The van der Waals surface area contributed by atoms with E-state index in [-0.39, 0.29) is 30.7 Å². The van der Waals surface area contributed by atoms with Gasteiger partial charge in [0, 0.05) is 17.3 Å². The molecule has 1 fully saturated rings. The van der Waals surface area contributed by atoms with Crippen molar-refractivity contribution in [2.24, 2.45) is 5.73 Å². The minimum absolute atomic E-state index is 0.0203. The highest BCUT2D eigenvalue weighted by molar-refractivity contribution is 7.14. The summed E-state index contributed by atoms with van der Waals surface area (Å²) in [4.78, 5) is 44.0. The van der Waals surface area contributed by atoms with E-state index >= 15 is 0 Å². The van der Waals surface area contributed by atoms with Crippen molar-refractivity contribution in [1.29, 1.82) is 5.41 Å². The molecule has 5 N–H and O–H groups in total. The number of carbonyl (C=O) groups is 3. The summed E-state index contributed by atoms with van der Waals surface area (Å²) in [6.45, 7) is 0.362. The number of nitrogen functional groups attached to an aromatic ring is 1. The molecule has 0 spiro atoms. The second kappa shape index (κ2) is 12.7. The number of carboxylic acid groups (broad SMARTS) is 1. The number of likely N-dealkylation sites (N-methyl/N-ethyl adjacent to an activating group) is 1. The van der Waals surface area contributed by atoms with Gasteiger partial charge in [0.2, 0.25) is 11.8 Å². The van der Waals surface area contributed by atoms with Gasteiger partial charge in [0.15, 0.2) is 0 Å². The number of amides is 2. The molecule has 2 amide bonds. The van der Waals surface area contributed by atoms with Crippen LogP contribution in [0, 0.1) is 5.41 Å². The zero-order chi connectivity index (χ0) is 27.9. The van der Waals surface area contributed by atoms with Crippen LogP contribution in [-0.2, 0) is 20.9 Å². The maximum Gasteiger partial charge on any atom is 0.317 e. The van der Waals surface area contributed by atoms with Gasteiger partial charge in [0.25, 0.3) is 0 Å². The summed E-state index contributed by atoms with van der Waals surface area (Å²) < 4.78 is 0. The highest BCUT2D eigenvalue weighted by atomic mass is 32.1. The number of hydrogen-bond donors (Lipinski definition) is 4. The van der Waals surface area contributed by atoms with E-state index in [4.69, 9.17) is 11.1 Å². The van der Waals surface area contributed by atoms with E-state index in [0.29, 0.717) is 24.3 Å². The largest absolute Gasteiger partial charge is 0.480 e. The van der Waals surface area contributed by atoms with E-state index in [2.05, 4.69) is 5.32 Å². The van der Waals surface area contributed by atoms with Crippen LogP contribution in [-0.4, -0.2) is 70.7 Å². The molecule has 1 saturated heterocycles. The Morgan fingerprint density at radius 2 is 1.69 bits per heavy atom. The molecular weight excluding hydrogens is 514 g/mol. The van der Waals surface area contributed by atoms with Crippen molar-refractivity contribution in [1.82, 2.24) is 15.1 Å². The maximum absolute atomic E-state index is 14.3. The second-order valence-electron chi connectivity index (χ2n) is 9.64. The maximum atomic E-state index is 14.3. The molecule has 39 heavy (non-hydrogen) atoms. The molecule has 10 heteroatoms. The standard InChI is InChI=1S/C29H33N5O4S/c1-33(18-24(35)36)26(25(19-9-4-2-5-10-19)20-11-6-3-7-12-20)29(38)34-16-8-13-22(34)28(37)32-17-21-14-15-23(39-21)27(30)31/h2-7,9-12,14-15,22,25-26H,8,13,16-18H2,1H3,(H3,30,31)(H,32,37)(H,35,36)/t22?,26-/m1/s1. The number of nitrogens with zero attached hydrogens (tertiary/aromatic N) is 2. The Morgan fingerprint density at radius 1 is 1.08 bits per heavy atom. The molecule has 1 unspecified atom stereocenters. The van der Waals surface area contributed by atoms with Crippen molar-refractivity contribution >= 4 is 35.0 Å². The van der Waals surface area contributed by atoms with E-state index in [1.54, 1.807) is 22.9 Å². The van der Waals surface area contributed by atoms with Crippen molar-refractivity contribution in [2.75, 3.05) is 20.1 Å². The third-order valence-corrected chi connectivity index (χ3v) is 8.07. The molecule has 1 aliphatic rings. The van der Waals surface area contributed by atoms with Gasteiger partial charge in [-0.2, -0.15) is 0 Å². The minimum atomic E-state index is -1.04. The third-order valence-electron chi connectivity index (χ3n) is 6.95. The lowest BCUT2D eigenvalue weighted by Crippen LogP contribution is -2.55. The number of thiophene rings is 1. The SMILES string of the molecule is CN(CC(=O)O)[C@@H](C(=O)N1CCCC1C(=O)NCc1ccc(C(=N)N)s1)C(c1ccccc1)c1ccccc1. The predicted molar refractivity (Wildman–Crippen MR) is 151 cm³/mol. The van der Waals surface area contributed by atoms with Crippen LogP contribution < -0.4 is 11.1 Å². The summed E-state index contributed by atoms with van der Waals surface area (Å²) in [6.07, 6.45) is 1.20. The van der Waals surface area contributed by atoms with Crippen LogP contribution in [0.5, 0.6) is 0 Å². The number of nitrogens with two attached hydrogens (primary N) is 1. The van der Waals surface area contributed by atoms with Crippen molar-refractivity contribution < 1.29 is 19.5 Å². The van der Waals surface area contributed by atoms with Crippen molar-refractivity contribution in [3.05, 3.63) is 93.7 Å². The highest BCUT2D eigenvalue weighted by Gasteiger charge is 2.42. The zero-order valence-electron chi connectivity index (χ0n) is 21.7. The fraction of sp³-hybridized carbons (Fsp3) is 0.310. The number of benzene rings is 2. The van der Waals surface area contributed by atoms with Crippen LogP contribution >= 0.6 is 11.3 Å². The lowest BCUT2D eigenvalue weighted by molar-refractivity contribution is -0.145. The first-order valence-corrected chi connectivity index (χ1v) is 13.6. The fourth-order valence-corrected chi connectivity index (χ4v) is 5.97. The first-order valence-electron chi connectivity index (χ1n) is 12.8. The van der Waals surface area contributed by atoms with E-state index in [9.17, 15) is 19.5 Å².